The third-order valence-electron chi connectivity index (χ3n) is 3.59. The van der Waals surface area contributed by atoms with Crippen molar-refractivity contribution in [3.05, 3.63) is 47.4 Å². The molecule has 1 aliphatic heterocycles. The van der Waals surface area contributed by atoms with Gasteiger partial charge in [0.1, 0.15) is 5.82 Å². The summed E-state index contributed by atoms with van der Waals surface area (Å²) >= 11 is 0. The number of primary amides is 1. The van der Waals surface area contributed by atoms with Crippen molar-refractivity contribution in [1.82, 2.24) is 4.98 Å². The molecule has 3 N–H and O–H groups in total. The fourth-order valence-electron chi connectivity index (χ4n) is 2.45. The highest BCUT2D eigenvalue weighted by Gasteiger charge is 2.26. The molecule has 1 aliphatic rings. The summed E-state index contributed by atoms with van der Waals surface area (Å²) in [5.41, 5.74) is 7.49. The average Bonchev–Trinajstić information content (AvgIpc) is 2.76. The molecule has 0 atom stereocenters. The summed E-state index contributed by atoms with van der Waals surface area (Å²) in [7, 11) is 1.69. The predicted octanol–water partition coefficient (Wildman–Crippen LogP) is 1.58. The minimum absolute atomic E-state index is 0.0305. The molecular formula is C15H13FN4O2. The van der Waals surface area contributed by atoms with Gasteiger partial charge < -0.3 is 16.0 Å². The summed E-state index contributed by atoms with van der Waals surface area (Å²) < 4.78 is 13.3. The molecule has 1 aromatic heterocycles. The molecule has 22 heavy (non-hydrogen) atoms. The number of carbonyl (C=O) groups excluding carboxylic acids is 2. The van der Waals surface area contributed by atoms with Crippen LogP contribution >= 0.6 is 0 Å². The smallest absolute Gasteiger partial charge is 0.252 e. The number of likely N-dealkylation sites (N-methyl/N-ethyl adjacent to an activating group) is 1. The second kappa shape index (κ2) is 5.10. The molecular weight excluding hydrogens is 287 g/mol. The topological polar surface area (TPSA) is 88.3 Å². The monoisotopic (exact) mass is 300 g/mol. The Kier molecular flexibility index (Phi) is 3.25. The van der Waals surface area contributed by atoms with E-state index in [9.17, 15) is 14.0 Å². The number of carbonyl (C=O) groups is 2. The van der Waals surface area contributed by atoms with Gasteiger partial charge in [0.2, 0.25) is 11.9 Å². The van der Waals surface area contributed by atoms with E-state index < -0.39 is 11.9 Å². The number of benzene rings is 1. The summed E-state index contributed by atoms with van der Waals surface area (Å²) in [6.07, 6.45) is 0.232. The van der Waals surface area contributed by atoms with E-state index in [1.54, 1.807) is 24.1 Å². The number of anilines is 3. The van der Waals surface area contributed by atoms with Gasteiger partial charge in [-0.05, 0) is 24.3 Å². The highest BCUT2D eigenvalue weighted by molar-refractivity contribution is 6.04. The van der Waals surface area contributed by atoms with Gasteiger partial charge in [0.25, 0.3) is 5.91 Å². The Balaban J connectivity index is 2.04. The number of aromatic nitrogens is 1. The second-order valence-corrected chi connectivity index (χ2v) is 4.95. The number of halogens is 1. The number of rotatable bonds is 3. The Labute approximate surface area is 125 Å². The van der Waals surface area contributed by atoms with Gasteiger partial charge in [0.05, 0.1) is 12.0 Å². The molecule has 0 bridgehead atoms. The van der Waals surface area contributed by atoms with E-state index in [0.29, 0.717) is 5.69 Å². The fourth-order valence-corrected chi connectivity index (χ4v) is 2.45. The van der Waals surface area contributed by atoms with Crippen molar-refractivity contribution >= 4 is 29.0 Å². The number of nitrogens with zero attached hydrogens (tertiary/aromatic N) is 2. The summed E-state index contributed by atoms with van der Waals surface area (Å²) in [5, 5.41) is 2.91. The SMILES string of the molecule is CN1C(=O)Cc2c(Nc3nc(F)ccc3C(N)=O)cccc21. The van der Waals surface area contributed by atoms with Gasteiger partial charge >= 0.3 is 0 Å². The van der Waals surface area contributed by atoms with E-state index in [2.05, 4.69) is 10.3 Å². The largest absolute Gasteiger partial charge is 0.365 e. The molecule has 2 aromatic rings. The molecule has 112 valence electrons. The molecule has 0 spiro atoms. The van der Waals surface area contributed by atoms with Crippen molar-refractivity contribution in [1.29, 1.82) is 0 Å². The maximum absolute atomic E-state index is 13.3. The highest BCUT2D eigenvalue weighted by Crippen LogP contribution is 2.34. The van der Waals surface area contributed by atoms with Gasteiger partial charge in [-0.15, -0.1) is 0 Å². The number of hydrogen-bond acceptors (Lipinski definition) is 4. The number of fused-ring (bicyclic) bond motifs is 1. The van der Waals surface area contributed by atoms with E-state index in [4.69, 9.17) is 5.73 Å². The van der Waals surface area contributed by atoms with Gasteiger partial charge in [-0.1, -0.05) is 6.07 Å². The lowest BCUT2D eigenvalue weighted by molar-refractivity contribution is -0.117. The number of amides is 2. The average molecular weight is 300 g/mol. The Morgan fingerprint density at radius 2 is 2.14 bits per heavy atom. The van der Waals surface area contributed by atoms with Crippen molar-refractivity contribution in [2.45, 2.75) is 6.42 Å². The van der Waals surface area contributed by atoms with Crippen LogP contribution in [0.4, 0.5) is 21.6 Å². The molecule has 6 nitrogen and oxygen atoms in total. The quantitative estimate of drug-likeness (QED) is 0.842. The molecule has 0 saturated heterocycles. The van der Waals surface area contributed by atoms with Crippen LogP contribution in [0.5, 0.6) is 0 Å². The van der Waals surface area contributed by atoms with Crippen molar-refractivity contribution < 1.29 is 14.0 Å². The zero-order chi connectivity index (χ0) is 15.9. The van der Waals surface area contributed by atoms with Crippen molar-refractivity contribution in [2.75, 3.05) is 17.3 Å². The maximum Gasteiger partial charge on any atom is 0.252 e. The van der Waals surface area contributed by atoms with E-state index >= 15 is 0 Å². The summed E-state index contributed by atoms with van der Waals surface area (Å²) in [4.78, 5) is 28.5. The number of hydrogen-bond donors (Lipinski definition) is 2. The molecule has 0 radical (unpaired) electrons. The van der Waals surface area contributed by atoms with E-state index in [-0.39, 0.29) is 23.7 Å². The van der Waals surface area contributed by atoms with Gasteiger partial charge in [0, 0.05) is 24.0 Å². The van der Waals surface area contributed by atoms with Crippen LogP contribution in [0.15, 0.2) is 30.3 Å². The summed E-state index contributed by atoms with van der Waals surface area (Å²) in [5.74, 6) is -1.45. The Morgan fingerprint density at radius 1 is 1.36 bits per heavy atom. The van der Waals surface area contributed by atoms with Crippen molar-refractivity contribution in [3.63, 3.8) is 0 Å². The van der Waals surface area contributed by atoms with Gasteiger partial charge in [-0.2, -0.15) is 4.39 Å². The number of nitrogens with two attached hydrogens (primary N) is 1. The lowest BCUT2D eigenvalue weighted by Crippen LogP contribution is -2.20. The second-order valence-electron chi connectivity index (χ2n) is 4.95. The van der Waals surface area contributed by atoms with Crippen LogP contribution in [-0.4, -0.2) is 23.8 Å². The van der Waals surface area contributed by atoms with Crippen LogP contribution < -0.4 is 16.0 Å². The lowest BCUT2D eigenvalue weighted by Gasteiger charge is -2.14. The molecule has 1 aromatic carbocycles. The fraction of sp³-hybridized carbons (Fsp3) is 0.133. The Morgan fingerprint density at radius 3 is 2.86 bits per heavy atom. The third kappa shape index (κ3) is 2.26. The molecule has 2 amide bonds. The third-order valence-corrected chi connectivity index (χ3v) is 3.59. The maximum atomic E-state index is 13.3. The zero-order valence-corrected chi connectivity index (χ0v) is 11.8. The minimum Gasteiger partial charge on any atom is -0.365 e. The van der Waals surface area contributed by atoms with Crippen LogP contribution in [0.25, 0.3) is 0 Å². The predicted molar refractivity (Wildman–Crippen MR) is 79.6 cm³/mol. The molecule has 0 unspecified atom stereocenters. The normalized spacial score (nSPS) is 13.2. The molecule has 2 heterocycles. The molecule has 3 rings (SSSR count). The molecule has 7 heteroatoms. The van der Waals surface area contributed by atoms with Crippen LogP contribution in [0.1, 0.15) is 15.9 Å². The lowest BCUT2D eigenvalue weighted by atomic mass is 10.1. The summed E-state index contributed by atoms with van der Waals surface area (Å²) in [6, 6.07) is 7.66. The van der Waals surface area contributed by atoms with Crippen molar-refractivity contribution in [2.24, 2.45) is 5.73 Å². The first kappa shape index (κ1) is 14.0. The van der Waals surface area contributed by atoms with Crippen LogP contribution in [0, 0.1) is 5.95 Å². The van der Waals surface area contributed by atoms with E-state index in [0.717, 1.165) is 17.3 Å². The van der Waals surface area contributed by atoms with Gasteiger partial charge in [-0.3, -0.25) is 9.59 Å². The highest BCUT2D eigenvalue weighted by atomic mass is 19.1. The number of pyridine rings is 1. The van der Waals surface area contributed by atoms with Crippen LogP contribution in [-0.2, 0) is 11.2 Å². The molecule has 0 aliphatic carbocycles. The standard InChI is InChI=1S/C15H13FN4O2/c1-20-11-4-2-3-10(9(11)7-13(20)21)18-15-8(14(17)22)5-6-12(16)19-15/h2-6H,7H2,1H3,(H2,17,22)(H,18,19). The van der Waals surface area contributed by atoms with Gasteiger partial charge in [0.15, 0.2) is 0 Å². The zero-order valence-electron chi connectivity index (χ0n) is 11.8. The minimum atomic E-state index is -0.728. The van der Waals surface area contributed by atoms with E-state index in [1.165, 1.54) is 6.07 Å². The first-order chi connectivity index (χ1) is 10.5. The van der Waals surface area contributed by atoms with Gasteiger partial charge in [-0.25, -0.2) is 4.98 Å². The molecule has 0 fully saturated rings. The number of nitrogens with one attached hydrogen (secondary N) is 1. The molecule has 0 saturated carbocycles. The van der Waals surface area contributed by atoms with Crippen LogP contribution in [0.3, 0.4) is 0 Å². The Hall–Kier alpha value is -2.96. The first-order valence-corrected chi connectivity index (χ1v) is 6.59. The Bertz CT molecular complexity index is 791. The summed E-state index contributed by atoms with van der Waals surface area (Å²) in [6.45, 7) is 0. The first-order valence-electron chi connectivity index (χ1n) is 6.59. The van der Waals surface area contributed by atoms with Crippen LogP contribution in [0.2, 0.25) is 0 Å². The van der Waals surface area contributed by atoms with Crippen molar-refractivity contribution in [3.8, 4) is 0 Å². The van der Waals surface area contributed by atoms with E-state index in [1.807, 2.05) is 6.07 Å².